The molecule has 0 radical (unpaired) electrons. The summed E-state index contributed by atoms with van der Waals surface area (Å²) in [7, 11) is 3.40. The summed E-state index contributed by atoms with van der Waals surface area (Å²) >= 11 is 0. The van der Waals surface area contributed by atoms with Crippen LogP contribution in [0.2, 0.25) is 0 Å². The number of likely N-dealkylation sites (N-methyl/N-ethyl adjacent to an activating group) is 2. The molecule has 0 spiro atoms. The van der Waals surface area contributed by atoms with E-state index >= 15 is 0 Å². The molecule has 1 aromatic rings. The summed E-state index contributed by atoms with van der Waals surface area (Å²) in [5.74, 6) is 0.101. The molecular weight excluding hydrogens is 206 g/mol. The third kappa shape index (κ3) is 3.51. The lowest BCUT2D eigenvalue weighted by atomic mass is 10.2. The van der Waals surface area contributed by atoms with E-state index in [0.717, 1.165) is 5.69 Å². The highest BCUT2D eigenvalue weighted by atomic mass is 16.3. The predicted octanol–water partition coefficient (Wildman–Crippen LogP) is 0.273. The Bertz CT molecular complexity index is 379. The quantitative estimate of drug-likeness (QED) is 0.769. The van der Waals surface area contributed by atoms with E-state index in [-0.39, 0.29) is 18.2 Å². The number of aromatic hydroxyl groups is 1. The van der Waals surface area contributed by atoms with Crippen molar-refractivity contribution >= 4 is 5.91 Å². The Morgan fingerprint density at radius 3 is 2.88 bits per heavy atom. The van der Waals surface area contributed by atoms with Gasteiger partial charge in [-0.15, -0.1) is 0 Å². The number of rotatable bonds is 4. The number of nitrogens with zero attached hydrogens (tertiary/aromatic N) is 2. The maximum Gasteiger partial charge on any atom is 0.233 e. The van der Waals surface area contributed by atoms with Gasteiger partial charge in [0.1, 0.15) is 5.75 Å². The zero-order chi connectivity index (χ0) is 12.1. The Labute approximate surface area is 95.1 Å². The van der Waals surface area contributed by atoms with Crippen LogP contribution in [0.15, 0.2) is 12.1 Å². The van der Waals surface area contributed by atoms with Gasteiger partial charge in [-0.25, -0.2) is 0 Å². The molecule has 0 aliphatic rings. The normalized spacial score (nSPS) is 10.5. The summed E-state index contributed by atoms with van der Waals surface area (Å²) in [6.45, 7) is 2.59. The van der Waals surface area contributed by atoms with Crippen molar-refractivity contribution in [2.45, 2.75) is 13.5 Å². The average molecular weight is 223 g/mol. The van der Waals surface area contributed by atoms with Crippen molar-refractivity contribution in [2.75, 3.05) is 20.6 Å². The first-order valence-corrected chi connectivity index (χ1v) is 5.07. The van der Waals surface area contributed by atoms with Crippen LogP contribution in [0, 0.1) is 6.92 Å². The van der Waals surface area contributed by atoms with Gasteiger partial charge in [0.15, 0.2) is 0 Å². The van der Waals surface area contributed by atoms with Gasteiger partial charge in [0.05, 0.1) is 12.2 Å². The number of hydrogen-bond donors (Lipinski definition) is 2. The lowest BCUT2D eigenvalue weighted by molar-refractivity contribution is -0.121. The van der Waals surface area contributed by atoms with E-state index in [1.165, 1.54) is 0 Å². The molecule has 5 nitrogen and oxygen atoms in total. The first-order valence-electron chi connectivity index (χ1n) is 5.07. The van der Waals surface area contributed by atoms with Crippen LogP contribution >= 0.6 is 0 Å². The minimum atomic E-state index is -0.0605. The second-order valence-corrected chi connectivity index (χ2v) is 3.76. The van der Waals surface area contributed by atoms with Crippen molar-refractivity contribution in [1.29, 1.82) is 0 Å². The van der Waals surface area contributed by atoms with Crippen LogP contribution in [0.5, 0.6) is 5.75 Å². The van der Waals surface area contributed by atoms with E-state index in [1.807, 2.05) is 6.92 Å². The molecule has 0 saturated carbocycles. The number of amides is 1. The summed E-state index contributed by atoms with van der Waals surface area (Å²) in [6.07, 6.45) is 0. The molecule has 1 aromatic heterocycles. The zero-order valence-corrected chi connectivity index (χ0v) is 9.82. The number of hydrogen-bond acceptors (Lipinski definition) is 4. The first-order chi connectivity index (χ1) is 7.52. The molecule has 0 aliphatic carbocycles. The smallest absolute Gasteiger partial charge is 0.233 e. The first kappa shape index (κ1) is 12.4. The van der Waals surface area contributed by atoms with Gasteiger partial charge in [0, 0.05) is 19.3 Å². The second kappa shape index (κ2) is 5.46. The Balaban J connectivity index is 2.65. The molecule has 0 aliphatic heterocycles. The lowest BCUT2D eigenvalue weighted by Gasteiger charge is -2.15. The number of nitrogens with one attached hydrogen (secondary N) is 1. The Hall–Kier alpha value is -1.62. The van der Waals surface area contributed by atoms with Crippen molar-refractivity contribution in [2.24, 2.45) is 0 Å². The summed E-state index contributed by atoms with van der Waals surface area (Å²) < 4.78 is 0. The largest absolute Gasteiger partial charge is 0.506 e. The van der Waals surface area contributed by atoms with Crippen LogP contribution in [0.1, 0.15) is 11.4 Å². The highest BCUT2D eigenvalue weighted by Crippen LogP contribution is 2.15. The monoisotopic (exact) mass is 223 g/mol. The maximum absolute atomic E-state index is 11.1. The van der Waals surface area contributed by atoms with Gasteiger partial charge in [0.25, 0.3) is 0 Å². The van der Waals surface area contributed by atoms with Gasteiger partial charge in [-0.1, -0.05) is 0 Å². The molecule has 16 heavy (non-hydrogen) atoms. The standard InChI is InChI=1S/C11H17N3O2/c1-8-4-5-10(15)9(13-8)6-14(3)7-11(16)12-2/h4-5,15H,6-7H2,1-3H3,(H,12,16). The summed E-state index contributed by atoms with van der Waals surface area (Å²) in [5.41, 5.74) is 1.44. The van der Waals surface area contributed by atoms with Crippen LogP contribution in [0.3, 0.4) is 0 Å². The predicted molar refractivity (Wildman–Crippen MR) is 61.0 cm³/mol. The van der Waals surface area contributed by atoms with Crippen molar-refractivity contribution in [3.05, 3.63) is 23.5 Å². The summed E-state index contributed by atoms with van der Waals surface area (Å²) in [5, 5.41) is 12.1. The van der Waals surface area contributed by atoms with Gasteiger partial charge < -0.3 is 10.4 Å². The molecule has 1 heterocycles. The topological polar surface area (TPSA) is 65.5 Å². The molecule has 0 fully saturated rings. The van der Waals surface area contributed by atoms with E-state index in [4.69, 9.17) is 0 Å². The average Bonchev–Trinajstić information content (AvgIpc) is 2.23. The van der Waals surface area contributed by atoms with Crippen LogP contribution in [0.25, 0.3) is 0 Å². The molecular formula is C11H17N3O2. The van der Waals surface area contributed by atoms with Gasteiger partial charge in [0.2, 0.25) is 5.91 Å². The fourth-order valence-corrected chi connectivity index (χ4v) is 1.36. The summed E-state index contributed by atoms with van der Waals surface area (Å²) in [4.78, 5) is 17.1. The third-order valence-electron chi connectivity index (χ3n) is 2.20. The molecule has 0 aromatic carbocycles. The van der Waals surface area contributed by atoms with Crippen molar-refractivity contribution in [3.63, 3.8) is 0 Å². The Kier molecular flexibility index (Phi) is 4.25. The second-order valence-electron chi connectivity index (χ2n) is 3.76. The van der Waals surface area contributed by atoms with Crippen LogP contribution < -0.4 is 5.32 Å². The fourth-order valence-electron chi connectivity index (χ4n) is 1.36. The van der Waals surface area contributed by atoms with Gasteiger partial charge in [-0.3, -0.25) is 14.7 Å². The fraction of sp³-hybridized carbons (Fsp3) is 0.455. The number of carbonyl (C=O) groups excluding carboxylic acids is 1. The third-order valence-corrected chi connectivity index (χ3v) is 2.20. The molecule has 1 rings (SSSR count). The van der Waals surface area contributed by atoms with Gasteiger partial charge in [-0.2, -0.15) is 0 Å². The Morgan fingerprint density at radius 2 is 2.25 bits per heavy atom. The van der Waals surface area contributed by atoms with Crippen LogP contribution in [0.4, 0.5) is 0 Å². The molecule has 88 valence electrons. The van der Waals surface area contributed by atoms with E-state index < -0.39 is 0 Å². The van der Waals surface area contributed by atoms with E-state index in [1.54, 1.807) is 31.1 Å². The van der Waals surface area contributed by atoms with Crippen molar-refractivity contribution < 1.29 is 9.90 Å². The van der Waals surface area contributed by atoms with Crippen molar-refractivity contribution in [1.82, 2.24) is 15.2 Å². The molecule has 5 heteroatoms. The van der Waals surface area contributed by atoms with Gasteiger partial charge in [-0.05, 0) is 26.1 Å². The molecule has 0 bridgehead atoms. The highest BCUT2D eigenvalue weighted by molar-refractivity contribution is 5.77. The highest BCUT2D eigenvalue weighted by Gasteiger charge is 2.09. The molecule has 0 saturated heterocycles. The molecule has 1 amide bonds. The summed E-state index contributed by atoms with van der Waals surface area (Å²) in [6, 6.07) is 3.36. The lowest BCUT2D eigenvalue weighted by Crippen LogP contribution is -2.32. The minimum absolute atomic E-state index is 0.0605. The number of pyridine rings is 1. The van der Waals surface area contributed by atoms with E-state index in [0.29, 0.717) is 12.2 Å². The van der Waals surface area contributed by atoms with Crippen LogP contribution in [-0.2, 0) is 11.3 Å². The molecule has 0 atom stereocenters. The van der Waals surface area contributed by atoms with E-state index in [2.05, 4.69) is 10.3 Å². The van der Waals surface area contributed by atoms with Crippen LogP contribution in [-0.4, -0.2) is 41.5 Å². The molecule has 2 N–H and O–H groups in total. The van der Waals surface area contributed by atoms with Gasteiger partial charge >= 0.3 is 0 Å². The van der Waals surface area contributed by atoms with Crippen molar-refractivity contribution in [3.8, 4) is 5.75 Å². The minimum Gasteiger partial charge on any atom is -0.506 e. The number of aromatic nitrogens is 1. The Morgan fingerprint density at radius 1 is 1.56 bits per heavy atom. The zero-order valence-electron chi connectivity index (χ0n) is 9.82. The maximum atomic E-state index is 11.1. The molecule has 0 unspecified atom stereocenters. The SMILES string of the molecule is CNC(=O)CN(C)Cc1nc(C)ccc1O. The number of carbonyl (C=O) groups is 1. The van der Waals surface area contributed by atoms with E-state index in [9.17, 15) is 9.90 Å². The number of aryl methyl sites for hydroxylation is 1.